The molecule has 0 unspecified atom stereocenters. The van der Waals surface area contributed by atoms with Gasteiger partial charge in [0.15, 0.2) is 5.96 Å². The molecule has 1 saturated heterocycles. The van der Waals surface area contributed by atoms with Crippen LogP contribution in [0.5, 0.6) is 0 Å². The third-order valence-electron chi connectivity index (χ3n) is 3.15. The SMILES string of the molecule is CCNC(=NCC(C)(C)NS(C)(=O)=O)N1CCSC(C)(C)C1. The molecule has 0 saturated carbocycles. The molecule has 1 heterocycles. The van der Waals surface area contributed by atoms with E-state index in [1.165, 1.54) is 6.26 Å². The molecule has 0 spiro atoms. The minimum Gasteiger partial charge on any atom is -0.357 e. The third-order valence-corrected chi connectivity index (χ3v) is 5.37. The topological polar surface area (TPSA) is 73.8 Å². The van der Waals surface area contributed by atoms with Crippen LogP contribution in [-0.4, -0.2) is 67.8 Å². The summed E-state index contributed by atoms with van der Waals surface area (Å²) in [6.07, 6.45) is 1.17. The predicted octanol–water partition coefficient (Wildman–Crippen LogP) is 1.11. The first kappa shape index (κ1) is 19.6. The van der Waals surface area contributed by atoms with Crippen molar-refractivity contribution in [3.8, 4) is 0 Å². The summed E-state index contributed by atoms with van der Waals surface area (Å²) in [6, 6.07) is 0. The predicted molar refractivity (Wildman–Crippen MR) is 96.1 cm³/mol. The third kappa shape index (κ3) is 7.19. The Morgan fingerprint density at radius 2 is 2.05 bits per heavy atom. The molecule has 0 atom stereocenters. The maximum absolute atomic E-state index is 11.4. The van der Waals surface area contributed by atoms with Crippen LogP contribution >= 0.6 is 11.8 Å². The van der Waals surface area contributed by atoms with Gasteiger partial charge in [-0.15, -0.1) is 0 Å². The Balaban J connectivity index is 2.81. The van der Waals surface area contributed by atoms with Crippen molar-refractivity contribution in [2.45, 2.75) is 44.9 Å². The lowest BCUT2D eigenvalue weighted by atomic mass is 10.1. The molecule has 1 rings (SSSR count). The van der Waals surface area contributed by atoms with Gasteiger partial charge in [0.2, 0.25) is 10.0 Å². The summed E-state index contributed by atoms with van der Waals surface area (Å²) in [5.74, 6) is 1.93. The van der Waals surface area contributed by atoms with Gasteiger partial charge < -0.3 is 10.2 Å². The summed E-state index contributed by atoms with van der Waals surface area (Å²) in [6.45, 7) is 13.3. The monoisotopic (exact) mass is 350 g/mol. The normalized spacial score (nSPS) is 20.1. The van der Waals surface area contributed by atoms with E-state index in [0.717, 1.165) is 31.3 Å². The maximum atomic E-state index is 11.4. The van der Waals surface area contributed by atoms with E-state index >= 15 is 0 Å². The molecule has 1 aliphatic rings. The van der Waals surface area contributed by atoms with Crippen molar-refractivity contribution in [1.29, 1.82) is 0 Å². The molecule has 0 aromatic rings. The van der Waals surface area contributed by atoms with Crippen molar-refractivity contribution in [2.75, 3.05) is 38.2 Å². The van der Waals surface area contributed by atoms with Gasteiger partial charge in [-0.05, 0) is 34.6 Å². The van der Waals surface area contributed by atoms with E-state index in [9.17, 15) is 8.42 Å². The zero-order chi connectivity index (χ0) is 17.0. The van der Waals surface area contributed by atoms with E-state index in [-0.39, 0.29) is 4.75 Å². The molecule has 0 aromatic carbocycles. The number of nitrogens with zero attached hydrogens (tertiary/aromatic N) is 2. The van der Waals surface area contributed by atoms with E-state index in [4.69, 9.17) is 0 Å². The highest BCUT2D eigenvalue weighted by Gasteiger charge is 2.29. The lowest BCUT2D eigenvalue weighted by molar-refractivity contribution is 0.372. The van der Waals surface area contributed by atoms with Crippen LogP contribution in [-0.2, 0) is 10.0 Å². The Bertz CT molecular complexity index is 501. The Labute approximate surface area is 139 Å². The molecule has 1 fully saturated rings. The maximum Gasteiger partial charge on any atom is 0.209 e. The van der Waals surface area contributed by atoms with E-state index in [1.807, 2.05) is 32.5 Å². The molecule has 2 N–H and O–H groups in total. The number of nitrogens with one attached hydrogen (secondary N) is 2. The Hall–Kier alpha value is -0.470. The number of thioether (sulfide) groups is 1. The molecular weight excluding hydrogens is 320 g/mol. The molecule has 6 nitrogen and oxygen atoms in total. The molecule has 130 valence electrons. The van der Waals surface area contributed by atoms with Crippen LogP contribution in [0, 0.1) is 0 Å². The summed E-state index contributed by atoms with van der Waals surface area (Å²) in [7, 11) is -3.24. The van der Waals surface area contributed by atoms with Crippen molar-refractivity contribution in [3.63, 3.8) is 0 Å². The minimum atomic E-state index is -3.24. The first-order valence-electron chi connectivity index (χ1n) is 7.60. The second kappa shape index (κ2) is 7.40. The highest BCUT2D eigenvalue weighted by atomic mass is 32.2. The first-order valence-corrected chi connectivity index (χ1v) is 10.5. The minimum absolute atomic E-state index is 0.203. The van der Waals surface area contributed by atoms with Crippen molar-refractivity contribution >= 4 is 27.7 Å². The van der Waals surface area contributed by atoms with E-state index < -0.39 is 15.6 Å². The zero-order valence-electron chi connectivity index (χ0n) is 14.6. The molecule has 22 heavy (non-hydrogen) atoms. The molecule has 1 aliphatic heterocycles. The Morgan fingerprint density at radius 1 is 1.41 bits per heavy atom. The van der Waals surface area contributed by atoms with Gasteiger partial charge in [-0.1, -0.05) is 0 Å². The van der Waals surface area contributed by atoms with E-state index in [2.05, 4.69) is 33.8 Å². The zero-order valence-corrected chi connectivity index (χ0v) is 16.2. The number of guanidine groups is 1. The fourth-order valence-electron chi connectivity index (χ4n) is 2.43. The van der Waals surface area contributed by atoms with Crippen molar-refractivity contribution in [3.05, 3.63) is 0 Å². The highest BCUT2D eigenvalue weighted by molar-refractivity contribution is 8.00. The molecule has 0 aliphatic carbocycles. The highest BCUT2D eigenvalue weighted by Crippen LogP contribution is 2.29. The van der Waals surface area contributed by atoms with Gasteiger partial charge in [0.1, 0.15) is 0 Å². The van der Waals surface area contributed by atoms with Gasteiger partial charge in [-0.3, -0.25) is 4.99 Å². The second-order valence-corrected chi connectivity index (χ2v) is 10.5. The average molecular weight is 351 g/mol. The molecule has 0 amide bonds. The van der Waals surface area contributed by atoms with Crippen molar-refractivity contribution in [1.82, 2.24) is 14.9 Å². The largest absolute Gasteiger partial charge is 0.357 e. The van der Waals surface area contributed by atoms with Crippen molar-refractivity contribution in [2.24, 2.45) is 4.99 Å². The van der Waals surface area contributed by atoms with Crippen LogP contribution in [0.1, 0.15) is 34.6 Å². The van der Waals surface area contributed by atoms with Crippen LogP contribution in [0.25, 0.3) is 0 Å². The number of hydrogen-bond donors (Lipinski definition) is 2. The average Bonchev–Trinajstić information content (AvgIpc) is 2.30. The summed E-state index contributed by atoms with van der Waals surface area (Å²) in [5.41, 5.74) is -0.603. The fraction of sp³-hybridized carbons (Fsp3) is 0.929. The summed E-state index contributed by atoms with van der Waals surface area (Å²) in [5, 5.41) is 3.31. The van der Waals surface area contributed by atoms with Gasteiger partial charge in [0.25, 0.3) is 0 Å². The lowest BCUT2D eigenvalue weighted by Gasteiger charge is -2.39. The van der Waals surface area contributed by atoms with Crippen molar-refractivity contribution < 1.29 is 8.42 Å². The first-order chi connectivity index (χ1) is 9.94. The van der Waals surface area contributed by atoms with Gasteiger partial charge in [-0.2, -0.15) is 11.8 Å². The van der Waals surface area contributed by atoms with Gasteiger partial charge in [0, 0.05) is 35.7 Å². The van der Waals surface area contributed by atoms with Gasteiger partial charge >= 0.3 is 0 Å². The number of rotatable bonds is 5. The molecule has 0 bridgehead atoms. The van der Waals surface area contributed by atoms with Crippen LogP contribution in [0.4, 0.5) is 0 Å². The quantitative estimate of drug-likeness (QED) is 0.574. The number of aliphatic imine (C=N–C) groups is 1. The van der Waals surface area contributed by atoms with Crippen LogP contribution < -0.4 is 10.0 Å². The van der Waals surface area contributed by atoms with Gasteiger partial charge in [-0.25, -0.2) is 13.1 Å². The molecule has 0 radical (unpaired) electrons. The standard InChI is InChI=1S/C14H30N4O2S2/c1-7-15-12(18-8-9-21-14(4,5)11-18)16-10-13(2,3)17-22(6,19)20/h17H,7-11H2,1-6H3,(H,15,16). The molecular formula is C14H30N4O2S2. The molecule has 8 heteroatoms. The second-order valence-electron chi connectivity index (χ2n) is 6.96. The fourth-order valence-corrected chi connectivity index (χ4v) is 4.61. The number of hydrogen-bond acceptors (Lipinski definition) is 4. The summed E-state index contributed by atoms with van der Waals surface area (Å²) in [4.78, 5) is 6.91. The molecule has 0 aromatic heterocycles. The number of sulfonamides is 1. The summed E-state index contributed by atoms with van der Waals surface area (Å²) >= 11 is 1.98. The smallest absolute Gasteiger partial charge is 0.209 e. The van der Waals surface area contributed by atoms with Crippen LogP contribution in [0.2, 0.25) is 0 Å². The summed E-state index contributed by atoms with van der Waals surface area (Å²) < 4.78 is 25.7. The lowest BCUT2D eigenvalue weighted by Crippen LogP contribution is -2.52. The van der Waals surface area contributed by atoms with Crippen LogP contribution in [0.15, 0.2) is 4.99 Å². The van der Waals surface area contributed by atoms with E-state index in [0.29, 0.717) is 6.54 Å². The Kier molecular flexibility index (Phi) is 6.58. The van der Waals surface area contributed by atoms with Gasteiger partial charge in [0.05, 0.1) is 12.8 Å². The Morgan fingerprint density at radius 3 is 2.55 bits per heavy atom. The van der Waals surface area contributed by atoms with E-state index in [1.54, 1.807) is 0 Å². The van der Waals surface area contributed by atoms with Crippen LogP contribution in [0.3, 0.4) is 0 Å².